The van der Waals surface area contributed by atoms with Crippen molar-refractivity contribution < 1.29 is 21.2 Å². The van der Waals surface area contributed by atoms with Crippen LogP contribution in [0.4, 0.5) is 0 Å². The second-order valence-electron chi connectivity index (χ2n) is 1.72. The van der Waals surface area contributed by atoms with Crippen molar-refractivity contribution in [2.24, 2.45) is 0 Å². The first-order valence-electron chi connectivity index (χ1n) is 2.69. The molecule has 0 unspecified atom stereocenters. The van der Waals surface area contributed by atoms with Crippen LogP contribution in [0.1, 0.15) is 0 Å². The van der Waals surface area contributed by atoms with E-state index in [-0.39, 0.29) is 21.2 Å². The van der Waals surface area contributed by atoms with Gasteiger partial charge in [-0.1, -0.05) is 0 Å². The summed E-state index contributed by atoms with van der Waals surface area (Å²) in [5, 5.41) is 1.40. The molecule has 0 radical (unpaired) electrons. The molecule has 0 aliphatic carbocycles. The van der Waals surface area contributed by atoms with E-state index in [1.807, 2.05) is 18.2 Å². The fourth-order valence-corrected chi connectivity index (χ4v) is 2.89. The minimum absolute atomic E-state index is 0.0545. The van der Waals surface area contributed by atoms with Crippen LogP contribution < -0.4 is 21.2 Å². The van der Waals surface area contributed by atoms with Gasteiger partial charge in [-0.25, -0.2) is 0 Å². The summed E-state index contributed by atoms with van der Waals surface area (Å²) < 4.78 is 1.22. The second-order valence-corrected chi connectivity index (χ2v) is 4.75. The van der Waals surface area contributed by atoms with Crippen LogP contribution in [0.15, 0.2) is 18.2 Å². The molecule has 0 spiro atoms. The molecule has 0 saturated heterocycles. The molecule has 0 heterocycles. The van der Waals surface area contributed by atoms with Gasteiger partial charge in [-0.15, -0.1) is 0 Å². The van der Waals surface area contributed by atoms with Gasteiger partial charge in [0.1, 0.15) is 0 Å². The van der Waals surface area contributed by atoms with Crippen LogP contribution in [-0.2, 0) is 0 Å². The molecule has 3 heteroatoms. The number of hydrogen-bond acceptors (Lipinski definition) is 0. The molecule has 0 nitrogen and oxygen atoms in total. The maximum absolute atomic E-state index is 5.89. The first kappa shape index (κ1) is 8.62. The average Bonchev–Trinajstić information content (AvgIpc) is 1.95. The van der Waals surface area contributed by atoms with Crippen LogP contribution in [0, 0.1) is 3.57 Å². The van der Waals surface area contributed by atoms with Crippen LogP contribution in [0.2, 0.25) is 10.0 Å². The zero-order valence-electron chi connectivity index (χ0n) is 5.37. The van der Waals surface area contributed by atoms with E-state index in [9.17, 15) is 0 Å². The van der Waals surface area contributed by atoms with Gasteiger partial charge in [-0.3, -0.25) is 0 Å². The molecule has 0 aliphatic heterocycles. The van der Waals surface area contributed by atoms with E-state index in [0.29, 0.717) is 5.02 Å². The van der Waals surface area contributed by atoms with Gasteiger partial charge in [0.15, 0.2) is 0 Å². The summed E-state index contributed by atoms with van der Waals surface area (Å²) in [6, 6.07) is 5.78. The Bertz CT molecular complexity index is 235. The molecule has 0 fully saturated rings. The van der Waals surface area contributed by atoms with Crippen LogP contribution >= 0.6 is 23.2 Å². The van der Waals surface area contributed by atoms with Gasteiger partial charge in [0.25, 0.3) is 0 Å². The summed E-state index contributed by atoms with van der Waals surface area (Å²) >= 11 is 11.7. The Kier molecular flexibility index (Phi) is 3.27. The van der Waals surface area contributed by atoms with Crippen molar-refractivity contribution >= 4 is 23.2 Å². The summed E-state index contributed by atoms with van der Waals surface area (Å²) in [6.07, 6.45) is 0. The van der Waals surface area contributed by atoms with Crippen molar-refractivity contribution in [2.45, 2.75) is 0 Å². The van der Waals surface area contributed by atoms with Gasteiger partial charge >= 0.3 is 81.2 Å². The summed E-state index contributed by atoms with van der Waals surface area (Å²) in [7, 11) is 0. The molecule has 0 aliphatic rings. The van der Waals surface area contributed by atoms with Gasteiger partial charge in [0.05, 0.1) is 0 Å². The van der Waals surface area contributed by atoms with E-state index in [0.717, 1.165) is 5.02 Å². The van der Waals surface area contributed by atoms with E-state index in [1.54, 1.807) is 0 Å². The minimum atomic E-state index is 0.0545. The molecule has 0 aromatic heterocycles. The molecular weight excluding hydrogens is 282 g/mol. The van der Waals surface area contributed by atoms with Gasteiger partial charge in [0, 0.05) is 0 Å². The molecule has 10 heavy (non-hydrogen) atoms. The van der Waals surface area contributed by atoms with Crippen LogP contribution in [0.25, 0.3) is 0 Å². The zero-order chi connectivity index (χ0) is 7.56. The number of hydrogen-bond donors (Lipinski definition) is 0. The van der Waals surface area contributed by atoms with Crippen molar-refractivity contribution in [1.29, 1.82) is 0 Å². The third-order valence-corrected chi connectivity index (χ3v) is 4.31. The molecule has 1 rings (SSSR count). The predicted molar refractivity (Wildman–Crippen MR) is 41.1 cm³/mol. The Balaban J connectivity index is 3.14. The summed E-state index contributed by atoms with van der Waals surface area (Å²) in [4.78, 5) is 2.16. The molecule has 0 N–H and O–H groups in total. The molecule has 0 atom stereocenters. The monoisotopic (exact) mass is 287 g/mol. The van der Waals surface area contributed by atoms with Crippen molar-refractivity contribution in [3.05, 3.63) is 31.8 Å². The van der Waals surface area contributed by atoms with Crippen molar-refractivity contribution in [1.82, 2.24) is 0 Å². The molecule has 56 valence electrons. The molecule has 1 aromatic rings. The van der Waals surface area contributed by atoms with E-state index >= 15 is 0 Å². The molecule has 0 bridgehead atoms. The van der Waals surface area contributed by atoms with Gasteiger partial charge in [-0.05, 0) is 0 Å². The number of halogens is 3. The average molecular weight is 288 g/mol. The van der Waals surface area contributed by atoms with Crippen molar-refractivity contribution in [3.63, 3.8) is 0 Å². The number of benzene rings is 1. The third kappa shape index (κ3) is 1.77. The molecule has 0 saturated carbocycles. The first-order chi connectivity index (χ1) is 4.75. The zero-order valence-corrected chi connectivity index (χ0v) is 9.04. The molecule has 0 amide bonds. The Morgan fingerprint density at radius 1 is 1.30 bits per heavy atom. The second kappa shape index (κ2) is 3.79. The normalized spacial score (nSPS) is 10.3. The van der Waals surface area contributed by atoms with E-state index < -0.39 is 0 Å². The maximum atomic E-state index is 5.89. The predicted octanol–water partition coefficient (Wildman–Crippen LogP) is -0.118. The van der Waals surface area contributed by atoms with Crippen molar-refractivity contribution in [3.8, 4) is 0 Å². The standard InChI is InChI=1S/C7H6Cl2I/c1-10-6-4-2-3-5(8)7(6)9/h2-4H,1H3/q-1. The third-order valence-electron chi connectivity index (χ3n) is 1.11. The number of rotatable bonds is 1. The summed E-state index contributed by atoms with van der Waals surface area (Å²) in [5.74, 6) is 0. The SMILES string of the molecule is C[I-]c1cccc(Cl)c1Cl. The fraction of sp³-hybridized carbons (Fsp3) is 0.143. The van der Waals surface area contributed by atoms with Crippen LogP contribution in [0.3, 0.4) is 0 Å². The topological polar surface area (TPSA) is 0 Å². The van der Waals surface area contributed by atoms with E-state index in [1.165, 1.54) is 3.57 Å². The summed E-state index contributed by atoms with van der Waals surface area (Å²) in [6.45, 7) is 0. The van der Waals surface area contributed by atoms with Crippen LogP contribution in [0.5, 0.6) is 0 Å². The quantitative estimate of drug-likeness (QED) is 0.384. The fourth-order valence-electron chi connectivity index (χ4n) is 0.623. The molecule has 1 aromatic carbocycles. The van der Waals surface area contributed by atoms with Crippen molar-refractivity contribution in [2.75, 3.05) is 4.93 Å². The Labute approximate surface area is 80.8 Å². The van der Waals surface area contributed by atoms with Gasteiger partial charge < -0.3 is 0 Å². The van der Waals surface area contributed by atoms with Gasteiger partial charge in [-0.2, -0.15) is 0 Å². The van der Waals surface area contributed by atoms with E-state index in [2.05, 4.69) is 4.93 Å². The van der Waals surface area contributed by atoms with Crippen LogP contribution in [-0.4, -0.2) is 4.93 Å². The number of alkyl halides is 1. The Morgan fingerprint density at radius 2 is 2.00 bits per heavy atom. The Hall–Kier alpha value is 0.530. The summed E-state index contributed by atoms with van der Waals surface area (Å²) in [5.41, 5.74) is 0. The van der Waals surface area contributed by atoms with E-state index in [4.69, 9.17) is 23.2 Å². The first-order valence-corrected chi connectivity index (χ1v) is 6.68. The molecular formula is C7H6Cl2I-. The Morgan fingerprint density at radius 3 is 2.50 bits per heavy atom. The van der Waals surface area contributed by atoms with Gasteiger partial charge in [0.2, 0.25) is 0 Å².